The predicted octanol–water partition coefficient (Wildman–Crippen LogP) is 10.4. The molecule has 2 heterocycles. The van der Waals surface area contributed by atoms with Crippen LogP contribution in [0, 0.1) is 0 Å². The number of hydrogen-bond acceptors (Lipinski definition) is 12. The lowest BCUT2D eigenvalue weighted by atomic mass is 9.57. The highest BCUT2D eigenvalue weighted by Gasteiger charge is 2.58. The van der Waals surface area contributed by atoms with Gasteiger partial charge in [0.2, 0.25) is 0 Å². The van der Waals surface area contributed by atoms with Crippen LogP contribution in [0.1, 0.15) is 114 Å². The van der Waals surface area contributed by atoms with Crippen LogP contribution in [-0.2, 0) is 0 Å². The normalized spacial score (nSPS) is 22.9. The Bertz CT molecular complexity index is 3210. The van der Waals surface area contributed by atoms with Gasteiger partial charge in [0, 0.05) is 81.3 Å². The molecule has 3 aliphatic carbocycles. The molecule has 0 saturated heterocycles. The van der Waals surface area contributed by atoms with Crippen LogP contribution in [0.3, 0.4) is 0 Å². The zero-order valence-electron chi connectivity index (χ0n) is 35.6. The van der Waals surface area contributed by atoms with Gasteiger partial charge in [-0.1, -0.05) is 48.5 Å². The van der Waals surface area contributed by atoms with Crippen LogP contribution in [0.2, 0.25) is 0 Å². The van der Waals surface area contributed by atoms with Gasteiger partial charge in [0.25, 0.3) is 0 Å². The van der Waals surface area contributed by atoms with Gasteiger partial charge in [-0.05, 0) is 105 Å². The first kappa shape index (κ1) is 39.7. The second kappa shape index (κ2) is 13.9. The minimum atomic E-state index is -0.868. The van der Waals surface area contributed by atoms with Gasteiger partial charge in [-0.3, -0.25) is 0 Å². The lowest BCUT2D eigenvalue weighted by Crippen LogP contribution is -2.30. The van der Waals surface area contributed by atoms with Crippen molar-refractivity contribution in [3.8, 4) is 80.1 Å². The van der Waals surface area contributed by atoms with Gasteiger partial charge in [-0.2, -0.15) is 0 Å². The molecular weight excluding hydrogens is 865 g/mol. The molecule has 68 heavy (non-hydrogen) atoms. The number of hydrogen-bond donors (Lipinski definition) is 10. The van der Waals surface area contributed by atoms with Crippen LogP contribution in [0.4, 0.5) is 0 Å². The molecule has 2 aliphatic heterocycles. The maximum absolute atomic E-state index is 12.7. The summed E-state index contributed by atoms with van der Waals surface area (Å²) in [6.45, 7) is 0. The summed E-state index contributed by atoms with van der Waals surface area (Å²) in [5.41, 5.74) is 7.43. The molecule has 13 rings (SSSR count). The van der Waals surface area contributed by atoms with Gasteiger partial charge in [-0.25, -0.2) is 0 Å². The minimum absolute atomic E-state index is 0.00887. The molecule has 5 aliphatic rings. The van der Waals surface area contributed by atoms with Crippen molar-refractivity contribution >= 4 is 0 Å². The van der Waals surface area contributed by atoms with Crippen molar-refractivity contribution in [1.82, 2.24) is 0 Å². The van der Waals surface area contributed by atoms with Crippen molar-refractivity contribution < 1.29 is 60.5 Å². The third kappa shape index (κ3) is 5.42. The lowest BCUT2D eigenvalue weighted by Gasteiger charge is -2.45. The Morgan fingerprint density at radius 2 is 0.603 bits per heavy atom. The predicted molar refractivity (Wildman–Crippen MR) is 247 cm³/mol. The number of phenolic OH excluding ortho intramolecular Hbond substituents is 10. The maximum Gasteiger partial charge on any atom is 0.135 e. The summed E-state index contributed by atoms with van der Waals surface area (Å²) in [5, 5.41) is 116. The molecule has 0 spiro atoms. The van der Waals surface area contributed by atoms with E-state index in [1.165, 1.54) is 24.3 Å². The van der Waals surface area contributed by atoms with Crippen LogP contribution in [0.25, 0.3) is 11.1 Å². The molecule has 336 valence electrons. The van der Waals surface area contributed by atoms with Crippen molar-refractivity contribution in [1.29, 1.82) is 0 Å². The Morgan fingerprint density at radius 1 is 0.279 bits per heavy atom. The zero-order chi connectivity index (χ0) is 46.6. The summed E-state index contributed by atoms with van der Waals surface area (Å²) >= 11 is 0. The Morgan fingerprint density at radius 3 is 0.941 bits per heavy atom. The quantitative estimate of drug-likeness (QED) is 0.0797. The molecule has 0 amide bonds. The summed E-state index contributed by atoms with van der Waals surface area (Å²) < 4.78 is 13.8. The molecule has 0 bridgehead atoms. The fourth-order valence-corrected chi connectivity index (χ4v) is 12.7. The number of benzene rings is 8. The number of fused-ring (bicyclic) bond motifs is 6. The highest BCUT2D eigenvalue weighted by molar-refractivity contribution is 5.91. The smallest absolute Gasteiger partial charge is 0.135 e. The van der Waals surface area contributed by atoms with Crippen molar-refractivity contribution in [3.05, 3.63) is 200 Å². The van der Waals surface area contributed by atoms with Gasteiger partial charge >= 0.3 is 0 Å². The van der Waals surface area contributed by atoms with E-state index in [2.05, 4.69) is 0 Å². The van der Waals surface area contributed by atoms with Crippen molar-refractivity contribution in [2.24, 2.45) is 0 Å². The van der Waals surface area contributed by atoms with E-state index in [0.29, 0.717) is 89.4 Å². The molecule has 0 radical (unpaired) electrons. The van der Waals surface area contributed by atoms with Gasteiger partial charge in [0.05, 0.1) is 11.8 Å². The Kier molecular flexibility index (Phi) is 8.14. The summed E-state index contributed by atoms with van der Waals surface area (Å²) in [5.74, 6) is -5.66. The monoisotopic (exact) mass is 904 g/mol. The molecule has 0 fully saturated rings. The van der Waals surface area contributed by atoms with Crippen molar-refractivity contribution in [2.75, 3.05) is 0 Å². The summed E-state index contributed by atoms with van der Waals surface area (Å²) in [7, 11) is 0. The van der Waals surface area contributed by atoms with Gasteiger partial charge in [-0.15, -0.1) is 0 Å². The third-order valence-corrected chi connectivity index (χ3v) is 15.0. The molecule has 0 saturated carbocycles. The number of aromatic hydroxyl groups is 10. The Balaban J connectivity index is 1.23. The highest BCUT2D eigenvalue weighted by Crippen LogP contribution is 2.74. The standard InChI is InChI=1S/C56H40O12/c57-27-9-1-23(2-10-27)41-43-33(17-31(61)19-35(43)63)45-49-39(67-55(45)25-5-13-29(59)14-6-25)21-37(65)47-48-38(66)22-40-50-46(56(68-40)26-7-15-30(60)16-8-26)34-18-32(62)20-36(64)44(34)42(24-3-11-28(58)12-4-24)52(54(48)50)51(41)53(47)49/h1-22,41-42,45-46,51-52,55-66H/t41-,42-,45-,46-,51?,52?,55+,56+/m1/s1. The van der Waals surface area contributed by atoms with E-state index in [0.717, 1.165) is 0 Å². The molecule has 10 N–H and O–H groups in total. The number of phenols is 10. The van der Waals surface area contributed by atoms with Crippen LogP contribution in [0.15, 0.2) is 133 Å². The average Bonchev–Trinajstić information content (AvgIpc) is 3.80. The molecule has 12 nitrogen and oxygen atoms in total. The zero-order valence-corrected chi connectivity index (χ0v) is 35.6. The topological polar surface area (TPSA) is 221 Å². The first-order chi connectivity index (χ1) is 32.8. The molecule has 2 unspecified atom stereocenters. The van der Waals surface area contributed by atoms with Gasteiger partial charge in [0.1, 0.15) is 81.2 Å². The van der Waals surface area contributed by atoms with Crippen molar-refractivity contribution in [3.63, 3.8) is 0 Å². The van der Waals surface area contributed by atoms with E-state index < -0.39 is 47.7 Å². The van der Waals surface area contributed by atoms with Crippen LogP contribution >= 0.6 is 0 Å². The second-order valence-corrected chi connectivity index (χ2v) is 18.5. The first-order valence-electron chi connectivity index (χ1n) is 22.2. The number of ether oxygens (including phenoxy) is 2. The average molecular weight is 905 g/mol. The minimum Gasteiger partial charge on any atom is -0.508 e. The van der Waals surface area contributed by atoms with Gasteiger partial charge < -0.3 is 60.5 Å². The molecule has 8 aromatic rings. The van der Waals surface area contributed by atoms with Crippen molar-refractivity contribution in [2.45, 2.75) is 47.7 Å². The Labute approximate surface area is 387 Å². The van der Waals surface area contributed by atoms with Crippen LogP contribution < -0.4 is 9.47 Å². The molecule has 8 aromatic carbocycles. The fraction of sp³-hybridized carbons (Fsp3) is 0.143. The SMILES string of the molecule is Oc1ccc([C@@H]2c3c(O)cc(O)cc3[C@@H]3c4c(cc(O)c5c4C2C2c4c-5c(O)cc5c4[C@@H](c4cc(O)cc(O)c4[C@H]2c2ccc(O)cc2)[C@H](c2ccc(O)cc2)O5)O[C@H]3c2ccc(O)cc2)cc1. The second-order valence-electron chi connectivity index (χ2n) is 18.5. The van der Waals surface area contributed by atoms with Gasteiger partial charge in [0.15, 0.2) is 0 Å². The highest BCUT2D eigenvalue weighted by atomic mass is 16.5. The summed E-state index contributed by atoms with van der Waals surface area (Å²) in [4.78, 5) is 0. The summed E-state index contributed by atoms with van der Waals surface area (Å²) in [6.07, 6.45) is -1.66. The van der Waals surface area contributed by atoms with E-state index >= 15 is 0 Å². The van der Waals surface area contributed by atoms with E-state index in [1.54, 1.807) is 109 Å². The molecule has 0 aromatic heterocycles. The van der Waals surface area contributed by atoms with E-state index in [9.17, 15) is 51.1 Å². The molecule has 8 atom stereocenters. The maximum atomic E-state index is 12.7. The van der Waals surface area contributed by atoms with E-state index in [4.69, 9.17) is 9.47 Å². The van der Waals surface area contributed by atoms with E-state index in [-0.39, 0.29) is 57.5 Å². The van der Waals surface area contributed by atoms with Crippen LogP contribution in [0.5, 0.6) is 69.0 Å². The summed E-state index contributed by atoms with van der Waals surface area (Å²) in [6, 6.07) is 35.2. The Hall–Kier alpha value is -8.64. The first-order valence-corrected chi connectivity index (χ1v) is 22.2. The van der Waals surface area contributed by atoms with E-state index in [1.807, 2.05) is 0 Å². The molecular formula is C56H40O12. The third-order valence-electron chi connectivity index (χ3n) is 15.0. The molecule has 12 heteroatoms. The van der Waals surface area contributed by atoms with Crippen LogP contribution in [-0.4, -0.2) is 51.1 Å². The number of rotatable bonds is 4. The fourth-order valence-electron chi connectivity index (χ4n) is 12.7. The lowest BCUT2D eigenvalue weighted by molar-refractivity contribution is 0.220. The largest absolute Gasteiger partial charge is 0.508 e.